The monoisotopic (exact) mass is 350 g/mol. The van der Waals surface area contributed by atoms with Gasteiger partial charge in [-0.15, -0.1) is 0 Å². The molecule has 0 aromatic heterocycles. The number of halogens is 1. The van der Waals surface area contributed by atoms with Crippen LogP contribution >= 0.6 is 15.9 Å². The van der Waals surface area contributed by atoms with Gasteiger partial charge in [0.1, 0.15) is 0 Å². The van der Waals surface area contributed by atoms with Crippen molar-refractivity contribution in [1.29, 1.82) is 0 Å². The van der Waals surface area contributed by atoms with Gasteiger partial charge in [0.05, 0.1) is 0 Å². The molecule has 1 aliphatic carbocycles. The Morgan fingerprint density at radius 2 is 1.52 bits per heavy atom. The fourth-order valence-corrected chi connectivity index (χ4v) is 4.21. The Hall–Kier alpha value is -0.300. The maximum Gasteiger partial charge on any atom is 0.0423 e. The average Bonchev–Trinajstić information content (AvgIpc) is 2.46. The van der Waals surface area contributed by atoms with Crippen LogP contribution in [0.15, 0.2) is 24.3 Å². The van der Waals surface area contributed by atoms with Gasteiger partial charge in [0.25, 0.3) is 0 Å². The van der Waals surface area contributed by atoms with E-state index in [2.05, 4.69) is 61.0 Å². The molecule has 2 rings (SSSR count). The lowest BCUT2D eigenvalue weighted by molar-refractivity contribution is 0.374. The number of hydrogen-bond donors (Lipinski definition) is 0. The molecule has 0 nitrogen and oxygen atoms in total. The highest BCUT2D eigenvalue weighted by Gasteiger charge is 2.22. The summed E-state index contributed by atoms with van der Waals surface area (Å²) < 4.78 is 0. The molecule has 0 N–H and O–H groups in total. The lowest BCUT2D eigenvalue weighted by atomic mass is 9.81. The van der Waals surface area contributed by atoms with Gasteiger partial charge in [0.15, 0.2) is 0 Å². The first-order valence-electron chi connectivity index (χ1n) is 8.79. The molecular weight excluding hydrogens is 320 g/mol. The Labute approximate surface area is 139 Å². The predicted octanol–water partition coefficient (Wildman–Crippen LogP) is 7.17. The molecule has 0 radical (unpaired) electrons. The van der Waals surface area contributed by atoms with Crippen molar-refractivity contribution in [3.8, 4) is 0 Å². The van der Waals surface area contributed by atoms with E-state index in [9.17, 15) is 0 Å². The summed E-state index contributed by atoms with van der Waals surface area (Å²) >= 11 is 4.00. The van der Waals surface area contributed by atoms with E-state index in [0.29, 0.717) is 10.2 Å². The van der Waals surface area contributed by atoms with E-state index in [0.717, 1.165) is 5.92 Å². The van der Waals surface area contributed by atoms with E-state index >= 15 is 0 Å². The largest absolute Gasteiger partial charge is 0.0836 e. The van der Waals surface area contributed by atoms with Crippen LogP contribution in [0.5, 0.6) is 0 Å². The van der Waals surface area contributed by atoms with Gasteiger partial charge in [-0.1, -0.05) is 93.1 Å². The Morgan fingerprint density at radius 3 is 2.05 bits per heavy atom. The SMILES string of the molecule is CCC(C)(C)c1ccc(C(Br)C2CCCCCCC2)cc1. The van der Waals surface area contributed by atoms with Gasteiger partial charge in [-0.2, -0.15) is 0 Å². The zero-order valence-electron chi connectivity index (χ0n) is 14.0. The Morgan fingerprint density at radius 1 is 1.00 bits per heavy atom. The molecule has 1 unspecified atom stereocenters. The standard InChI is InChI=1S/C20H31Br/c1-4-20(2,3)18-14-12-17(13-15-18)19(21)16-10-8-6-5-7-9-11-16/h12-16,19H,4-11H2,1-3H3. The van der Waals surface area contributed by atoms with Crippen molar-refractivity contribution in [2.24, 2.45) is 5.92 Å². The second kappa shape index (κ2) is 7.81. The van der Waals surface area contributed by atoms with E-state index in [1.54, 1.807) is 0 Å². The van der Waals surface area contributed by atoms with E-state index in [4.69, 9.17) is 0 Å². The summed E-state index contributed by atoms with van der Waals surface area (Å²) in [5, 5.41) is 0. The van der Waals surface area contributed by atoms with Gasteiger partial charge in [-0.3, -0.25) is 0 Å². The smallest absolute Gasteiger partial charge is 0.0423 e. The van der Waals surface area contributed by atoms with Crippen molar-refractivity contribution in [3.63, 3.8) is 0 Å². The van der Waals surface area contributed by atoms with Gasteiger partial charge in [0, 0.05) is 4.83 Å². The minimum absolute atomic E-state index is 0.292. The van der Waals surface area contributed by atoms with Gasteiger partial charge < -0.3 is 0 Å². The highest BCUT2D eigenvalue weighted by atomic mass is 79.9. The molecular formula is C20H31Br. The third-order valence-corrected chi connectivity index (χ3v) is 6.73. The summed E-state index contributed by atoms with van der Waals surface area (Å²) in [6, 6.07) is 9.39. The molecule has 0 saturated heterocycles. The third-order valence-electron chi connectivity index (χ3n) is 5.46. The van der Waals surface area contributed by atoms with Crippen molar-refractivity contribution in [1.82, 2.24) is 0 Å². The molecule has 1 saturated carbocycles. The van der Waals surface area contributed by atoms with E-state index < -0.39 is 0 Å². The second-order valence-electron chi connectivity index (χ2n) is 7.37. The van der Waals surface area contributed by atoms with Crippen LogP contribution in [0, 0.1) is 5.92 Å². The number of hydrogen-bond acceptors (Lipinski definition) is 0. The topological polar surface area (TPSA) is 0 Å². The summed E-state index contributed by atoms with van der Waals surface area (Å²) in [4.78, 5) is 0.536. The molecule has 1 fully saturated rings. The highest BCUT2D eigenvalue weighted by molar-refractivity contribution is 9.09. The second-order valence-corrected chi connectivity index (χ2v) is 8.35. The van der Waals surface area contributed by atoms with Crippen molar-refractivity contribution in [3.05, 3.63) is 35.4 Å². The Balaban J connectivity index is 2.06. The first-order chi connectivity index (χ1) is 10.0. The summed E-state index contributed by atoms with van der Waals surface area (Å²) in [5.74, 6) is 0.815. The van der Waals surface area contributed by atoms with Crippen LogP contribution in [0.25, 0.3) is 0 Å². The summed E-state index contributed by atoms with van der Waals surface area (Å²) in [7, 11) is 0. The Kier molecular flexibility index (Phi) is 6.34. The van der Waals surface area contributed by atoms with Crippen LogP contribution in [-0.2, 0) is 5.41 Å². The zero-order valence-corrected chi connectivity index (χ0v) is 15.6. The average molecular weight is 351 g/mol. The van der Waals surface area contributed by atoms with Crippen molar-refractivity contribution >= 4 is 15.9 Å². The third kappa shape index (κ3) is 4.58. The van der Waals surface area contributed by atoms with Gasteiger partial charge in [0.2, 0.25) is 0 Å². The quantitative estimate of drug-likeness (QED) is 0.504. The van der Waals surface area contributed by atoms with Crippen molar-refractivity contribution in [2.75, 3.05) is 0 Å². The molecule has 1 atom stereocenters. The maximum atomic E-state index is 4.00. The summed E-state index contributed by atoms with van der Waals surface area (Å²) in [6.45, 7) is 6.94. The fraction of sp³-hybridized carbons (Fsp3) is 0.700. The highest BCUT2D eigenvalue weighted by Crippen LogP contribution is 2.39. The molecule has 1 aromatic carbocycles. The van der Waals surface area contributed by atoms with Crippen LogP contribution in [0.3, 0.4) is 0 Å². The van der Waals surface area contributed by atoms with Crippen molar-refractivity contribution < 1.29 is 0 Å². The summed E-state index contributed by atoms with van der Waals surface area (Å²) in [5.41, 5.74) is 3.22. The maximum absolute atomic E-state index is 4.00. The van der Waals surface area contributed by atoms with E-state index in [1.807, 2.05) is 0 Å². The predicted molar refractivity (Wildman–Crippen MR) is 97.2 cm³/mol. The molecule has 0 amide bonds. The van der Waals surface area contributed by atoms with E-state index in [1.165, 1.54) is 62.5 Å². The van der Waals surface area contributed by atoms with Crippen LogP contribution in [0.4, 0.5) is 0 Å². The normalized spacial score (nSPS) is 19.8. The fourth-order valence-electron chi connectivity index (χ4n) is 3.37. The van der Waals surface area contributed by atoms with Gasteiger partial charge in [-0.05, 0) is 41.7 Å². The van der Waals surface area contributed by atoms with Gasteiger partial charge in [-0.25, -0.2) is 0 Å². The molecule has 0 bridgehead atoms. The van der Waals surface area contributed by atoms with Crippen molar-refractivity contribution in [2.45, 2.75) is 82.4 Å². The number of benzene rings is 1. The molecule has 0 heterocycles. The zero-order chi connectivity index (χ0) is 15.3. The first-order valence-corrected chi connectivity index (χ1v) is 9.70. The molecule has 0 spiro atoms. The molecule has 1 aliphatic rings. The molecule has 118 valence electrons. The molecule has 1 heteroatoms. The minimum Gasteiger partial charge on any atom is -0.0836 e. The van der Waals surface area contributed by atoms with Crippen LogP contribution < -0.4 is 0 Å². The van der Waals surface area contributed by atoms with E-state index in [-0.39, 0.29) is 0 Å². The molecule has 21 heavy (non-hydrogen) atoms. The molecule has 0 aliphatic heterocycles. The van der Waals surface area contributed by atoms with Gasteiger partial charge >= 0.3 is 0 Å². The first kappa shape index (κ1) is 17.1. The Bertz CT molecular complexity index is 410. The minimum atomic E-state index is 0.292. The lowest BCUT2D eigenvalue weighted by Gasteiger charge is -2.27. The van der Waals surface area contributed by atoms with Crippen LogP contribution in [0.1, 0.15) is 88.1 Å². The number of alkyl halides is 1. The van der Waals surface area contributed by atoms with Crippen LogP contribution in [-0.4, -0.2) is 0 Å². The molecule has 1 aromatic rings. The lowest BCUT2D eigenvalue weighted by Crippen LogP contribution is -2.15. The summed E-state index contributed by atoms with van der Waals surface area (Å²) in [6.07, 6.45) is 11.1. The van der Waals surface area contributed by atoms with Crippen LogP contribution in [0.2, 0.25) is 0 Å². The number of rotatable bonds is 4.